The van der Waals surface area contributed by atoms with Crippen molar-refractivity contribution in [2.45, 2.75) is 0 Å². The molecule has 0 rings (SSSR count). The molecule has 0 bridgehead atoms. The van der Waals surface area contributed by atoms with E-state index in [1.54, 1.807) is 0 Å². The standard InChI is InChI=1S/4K.2Mo.2H2O3Se.6O/c;;;;;;2*1-4(2)3;;;;;;/h;;;;;;2*(H2,1,2,3);;;;;;/q4*+1;;;;;6*-2/p-4. The van der Waals surface area contributed by atoms with Gasteiger partial charge in [0.05, 0.1) is 0 Å². The van der Waals surface area contributed by atoms with Gasteiger partial charge < -0.3 is 32.9 Å². The molecule has 0 N–H and O–H groups in total. The minimum Gasteiger partial charge on any atom is -2.00 e. The van der Waals surface area contributed by atoms with Crippen molar-refractivity contribution in [2.75, 3.05) is 0 Å². The van der Waals surface area contributed by atoms with Crippen LogP contribution >= 0.6 is 0 Å². The Morgan fingerprint density at radius 3 is 0.450 bits per heavy atom. The summed E-state index contributed by atoms with van der Waals surface area (Å²) in [5.74, 6) is 0. The maximum absolute atomic E-state index is 8.54. The van der Waals surface area contributed by atoms with Crippen LogP contribution in [0.1, 0.15) is 0 Å². The molecule has 12 nitrogen and oxygen atoms in total. The second-order valence-corrected chi connectivity index (χ2v) is 2.12. The van der Waals surface area contributed by atoms with Gasteiger partial charge in [0.1, 0.15) is 0 Å². The SMILES string of the molecule is O=[Se]([O-])[O-].O=[Se]([O-])[O-].[K+].[K+].[K+].[K+].[Mo].[Mo].[O-2].[O-2].[O-2].[O-2].[O-2].[O-2]. The van der Waals surface area contributed by atoms with E-state index >= 15 is 0 Å². The summed E-state index contributed by atoms with van der Waals surface area (Å²) in [6.07, 6.45) is 0. The molecule has 0 aromatic heterocycles. The third kappa shape index (κ3) is 249. The quantitative estimate of drug-likeness (QED) is 0.221. The second-order valence-electron chi connectivity index (χ2n) is 0.408. The molecule has 0 amide bonds. The fourth-order valence-electron chi connectivity index (χ4n) is 0. The first-order valence-electron chi connectivity index (χ1n) is 1.00. The Labute approximate surface area is 323 Å². The van der Waals surface area contributed by atoms with Crippen LogP contribution in [0.2, 0.25) is 0 Å². The summed E-state index contributed by atoms with van der Waals surface area (Å²) in [5.41, 5.74) is 0. The Bertz CT molecular complexity index is 89.5. The third-order valence-electron chi connectivity index (χ3n) is 0. The van der Waals surface area contributed by atoms with Gasteiger partial charge in [0.25, 0.3) is 0 Å². The number of hydrogen-bond donors (Lipinski definition) is 0. The van der Waals surface area contributed by atoms with Gasteiger partial charge in [-0.2, -0.15) is 0 Å². The van der Waals surface area contributed by atoms with E-state index in [0.29, 0.717) is 0 Å². The van der Waals surface area contributed by atoms with E-state index in [-0.39, 0.29) is 281 Å². The maximum Gasteiger partial charge on any atom is 1.00 e. The molecule has 0 atom stereocenters. The molecule has 112 valence electrons. The third-order valence-corrected chi connectivity index (χ3v) is 0. The van der Waals surface area contributed by atoms with E-state index in [1.165, 1.54) is 0 Å². The van der Waals surface area contributed by atoms with Crippen molar-refractivity contribution in [3.8, 4) is 0 Å². The molecule has 0 aromatic rings. The largest absolute Gasteiger partial charge is 2.00 e. The molecule has 0 aliphatic carbocycles. The van der Waals surface area contributed by atoms with Gasteiger partial charge in [-0.15, -0.1) is 0 Å². The van der Waals surface area contributed by atoms with Gasteiger partial charge in [-0.05, 0) is 0 Å². The normalized spacial score (nSPS) is 3.50. The Balaban J connectivity index is -0.00000000187. The molecule has 0 saturated carbocycles. The Morgan fingerprint density at radius 1 is 0.450 bits per heavy atom. The first-order chi connectivity index (χ1) is 3.46. The fraction of sp³-hybridized carbons (Fsp3) is 0. The molecule has 0 aliphatic heterocycles. The van der Waals surface area contributed by atoms with Crippen LogP contribution in [0.25, 0.3) is 0 Å². The molecule has 20 heavy (non-hydrogen) atoms. The summed E-state index contributed by atoms with van der Waals surface area (Å²) in [4.78, 5) is 0. The summed E-state index contributed by atoms with van der Waals surface area (Å²) in [6, 6.07) is 0. The van der Waals surface area contributed by atoms with E-state index in [9.17, 15) is 0 Å². The average Bonchev–Trinajstić information content (AvgIpc) is 1.25. The summed E-state index contributed by atoms with van der Waals surface area (Å²) in [5, 5.41) is 0. The summed E-state index contributed by atoms with van der Waals surface area (Å²) in [6.45, 7) is 0. The number of hydrogen-bond acceptors (Lipinski definition) is 6. The van der Waals surface area contributed by atoms with Crippen LogP contribution in [0.4, 0.5) is 0 Å². The van der Waals surface area contributed by atoms with Crippen molar-refractivity contribution in [1.29, 1.82) is 0 Å². The van der Waals surface area contributed by atoms with Crippen LogP contribution in [0.3, 0.4) is 0 Å². The van der Waals surface area contributed by atoms with E-state index in [2.05, 4.69) is 0 Å². The van der Waals surface area contributed by atoms with Gasteiger partial charge >= 0.3 is 259 Å². The van der Waals surface area contributed by atoms with E-state index in [0.717, 1.165) is 0 Å². The Morgan fingerprint density at radius 2 is 0.450 bits per heavy atom. The minimum atomic E-state index is -3.79. The van der Waals surface area contributed by atoms with Crippen molar-refractivity contribution >= 4 is 29.0 Å². The first-order valence-corrected chi connectivity index (χ1v) is 5.20. The van der Waals surface area contributed by atoms with Gasteiger partial charge in [-0.25, -0.2) is 0 Å². The van der Waals surface area contributed by atoms with Crippen molar-refractivity contribution in [3.05, 3.63) is 0 Å². The van der Waals surface area contributed by atoms with E-state index < -0.39 is 29.0 Å². The van der Waals surface area contributed by atoms with Gasteiger partial charge in [-0.1, -0.05) is 0 Å². The monoisotopic (exact) mass is 703 g/mol. The fourth-order valence-corrected chi connectivity index (χ4v) is 0. The predicted octanol–water partition coefficient (Wildman–Crippen LogP) is -18.5. The van der Waals surface area contributed by atoms with Gasteiger partial charge in [-0.3, -0.25) is 0 Å². The van der Waals surface area contributed by atoms with Crippen LogP contribution in [-0.4, -0.2) is 29.0 Å². The molecule has 0 aliphatic rings. The Kier molecular flexibility index (Phi) is 480. The topological polar surface area (TPSA) is 297 Å². The van der Waals surface area contributed by atoms with Crippen LogP contribution in [0, 0.1) is 0 Å². The molecular weight excluding hydrogens is 698 g/mol. The van der Waals surface area contributed by atoms with E-state index in [4.69, 9.17) is 24.4 Å². The average molecular weight is 698 g/mol. The zero-order valence-electron chi connectivity index (χ0n) is 10.5. The van der Waals surface area contributed by atoms with Crippen molar-refractivity contribution < 1.29 is 305 Å². The zero-order valence-corrected chi connectivity index (χ0v) is 30.5. The molecule has 0 heterocycles. The van der Waals surface area contributed by atoms with Crippen molar-refractivity contribution in [3.63, 3.8) is 0 Å². The minimum absolute atomic E-state index is 0. The van der Waals surface area contributed by atoms with Gasteiger partial charge in [0.15, 0.2) is 0 Å². The van der Waals surface area contributed by atoms with Crippen LogP contribution in [0.15, 0.2) is 0 Å². The van der Waals surface area contributed by atoms with Crippen LogP contribution in [0.5, 0.6) is 0 Å². The molecule has 20 heteroatoms. The number of rotatable bonds is 0. The summed E-state index contributed by atoms with van der Waals surface area (Å²) in [7, 11) is 0. The van der Waals surface area contributed by atoms with Gasteiger partial charge in [0, 0.05) is 42.1 Å². The molecular formula is K4Mo2O12Se2-12. The Hall–Kier alpha value is 8.16. The zero-order chi connectivity index (χ0) is 7.15. The smallest absolute Gasteiger partial charge is 1.00 e. The molecule has 0 aromatic carbocycles. The van der Waals surface area contributed by atoms with Gasteiger partial charge in [0.2, 0.25) is 0 Å². The van der Waals surface area contributed by atoms with Crippen molar-refractivity contribution in [2.24, 2.45) is 0 Å². The molecule has 0 fully saturated rings. The second kappa shape index (κ2) is 92.7. The van der Waals surface area contributed by atoms with Crippen molar-refractivity contribution in [1.82, 2.24) is 0 Å². The predicted molar refractivity (Wildman–Crippen MR) is 17.0 cm³/mol. The summed E-state index contributed by atoms with van der Waals surface area (Å²) < 4.78 is 51.2. The first kappa shape index (κ1) is 104. The molecule has 0 unspecified atom stereocenters. The molecule has 0 saturated heterocycles. The van der Waals surface area contributed by atoms with E-state index in [1.807, 2.05) is 0 Å². The molecule has 0 spiro atoms. The summed E-state index contributed by atoms with van der Waals surface area (Å²) >= 11 is -7.58. The molecule has 0 radical (unpaired) electrons. The maximum atomic E-state index is 8.54. The van der Waals surface area contributed by atoms with Crippen LogP contribution < -0.4 is 222 Å². The van der Waals surface area contributed by atoms with Crippen LogP contribution in [-0.2, 0) is 82.7 Å².